The van der Waals surface area contributed by atoms with E-state index in [2.05, 4.69) is 17.4 Å². The SMILES string of the molecule is CCc1cc2c(=O)n(CCc3ccccc3)c(SC(C)C(=O)Nc3cc(C)no3)nc2s1. The summed E-state index contributed by atoms with van der Waals surface area (Å²) in [6.07, 6.45) is 1.55. The lowest BCUT2D eigenvalue weighted by Gasteiger charge is -2.15. The Labute approximate surface area is 193 Å². The normalized spacial score (nSPS) is 12.2. The minimum Gasteiger partial charge on any atom is -0.338 e. The van der Waals surface area contributed by atoms with Crippen LogP contribution in [0.15, 0.2) is 56.9 Å². The van der Waals surface area contributed by atoms with Crippen molar-refractivity contribution in [2.75, 3.05) is 5.32 Å². The predicted octanol–water partition coefficient (Wildman–Crippen LogP) is 4.68. The Kier molecular flexibility index (Phi) is 6.76. The smallest absolute Gasteiger partial charge is 0.262 e. The molecule has 3 heterocycles. The van der Waals surface area contributed by atoms with Gasteiger partial charge in [0.05, 0.1) is 16.3 Å². The van der Waals surface area contributed by atoms with Crippen molar-refractivity contribution >= 4 is 45.1 Å². The number of carbonyl (C=O) groups excluding carboxylic acids is 1. The third-order valence-electron chi connectivity index (χ3n) is 5.01. The number of hydrogen-bond donors (Lipinski definition) is 1. The molecule has 0 fully saturated rings. The second-order valence-electron chi connectivity index (χ2n) is 7.45. The van der Waals surface area contributed by atoms with Crippen molar-refractivity contribution in [2.24, 2.45) is 0 Å². The van der Waals surface area contributed by atoms with Gasteiger partial charge in [0.2, 0.25) is 11.8 Å². The van der Waals surface area contributed by atoms with Crippen molar-refractivity contribution in [3.05, 3.63) is 69.0 Å². The largest absolute Gasteiger partial charge is 0.338 e. The highest BCUT2D eigenvalue weighted by atomic mass is 32.2. The van der Waals surface area contributed by atoms with Gasteiger partial charge in [-0.25, -0.2) is 4.98 Å². The fourth-order valence-corrected chi connectivity index (χ4v) is 5.19. The number of benzene rings is 1. The molecule has 0 saturated carbocycles. The molecule has 0 bridgehead atoms. The molecule has 1 aromatic carbocycles. The van der Waals surface area contributed by atoms with E-state index in [-0.39, 0.29) is 11.5 Å². The first-order valence-corrected chi connectivity index (χ1v) is 12.1. The highest BCUT2D eigenvalue weighted by molar-refractivity contribution is 8.00. The molecule has 0 aliphatic carbocycles. The number of nitrogens with one attached hydrogen (secondary N) is 1. The van der Waals surface area contributed by atoms with E-state index in [1.165, 1.54) is 23.1 Å². The van der Waals surface area contributed by atoms with Gasteiger partial charge >= 0.3 is 0 Å². The summed E-state index contributed by atoms with van der Waals surface area (Å²) in [4.78, 5) is 32.6. The number of fused-ring (bicyclic) bond motifs is 1. The number of aryl methyl sites for hydroxylation is 3. The Morgan fingerprint density at radius 2 is 2.06 bits per heavy atom. The molecular weight excluding hydrogens is 444 g/mol. The number of amides is 1. The highest BCUT2D eigenvalue weighted by Crippen LogP contribution is 2.28. The van der Waals surface area contributed by atoms with E-state index in [1.807, 2.05) is 36.4 Å². The number of thiophene rings is 1. The Bertz CT molecular complexity index is 1290. The molecule has 0 aliphatic rings. The Morgan fingerprint density at radius 3 is 2.75 bits per heavy atom. The van der Waals surface area contributed by atoms with E-state index in [1.54, 1.807) is 24.5 Å². The molecule has 1 unspecified atom stereocenters. The van der Waals surface area contributed by atoms with Crippen LogP contribution in [-0.2, 0) is 24.2 Å². The summed E-state index contributed by atoms with van der Waals surface area (Å²) in [6.45, 7) is 6.12. The molecule has 1 amide bonds. The highest BCUT2D eigenvalue weighted by Gasteiger charge is 2.21. The summed E-state index contributed by atoms with van der Waals surface area (Å²) in [6, 6.07) is 13.6. The molecule has 0 radical (unpaired) electrons. The molecule has 0 spiro atoms. The number of aromatic nitrogens is 3. The van der Waals surface area contributed by atoms with Gasteiger partial charge in [0, 0.05) is 17.5 Å². The number of nitrogens with zero attached hydrogens (tertiary/aromatic N) is 3. The van der Waals surface area contributed by atoms with E-state index >= 15 is 0 Å². The van der Waals surface area contributed by atoms with Crippen molar-refractivity contribution in [1.82, 2.24) is 14.7 Å². The fraction of sp³-hybridized carbons (Fsp3) is 0.304. The molecule has 166 valence electrons. The van der Waals surface area contributed by atoms with E-state index < -0.39 is 5.25 Å². The number of rotatable bonds is 8. The third kappa shape index (κ3) is 4.94. The minimum atomic E-state index is -0.488. The van der Waals surface area contributed by atoms with Crippen molar-refractivity contribution in [3.8, 4) is 0 Å². The van der Waals surface area contributed by atoms with Crippen molar-refractivity contribution in [3.63, 3.8) is 0 Å². The average molecular weight is 469 g/mol. The van der Waals surface area contributed by atoms with Crippen LogP contribution >= 0.6 is 23.1 Å². The Morgan fingerprint density at radius 1 is 1.28 bits per heavy atom. The van der Waals surface area contributed by atoms with Gasteiger partial charge in [-0.15, -0.1) is 11.3 Å². The summed E-state index contributed by atoms with van der Waals surface area (Å²) in [5.41, 5.74) is 1.76. The number of anilines is 1. The van der Waals surface area contributed by atoms with Crippen LogP contribution in [0.25, 0.3) is 10.2 Å². The molecule has 0 aliphatic heterocycles. The van der Waals surface area contributed by atoms with Gasteiger partial charge in [-0.2, -0.15) is 0 Å². The van der Waals surface area contributed by atoms with Crippen LogP contribution in [0.2, 0.25) is 0 Å². The molecule has 4 aromatic rings. The van der Waals surface area contributed by atoms with Gasteiger partial charge in [0.15, 0.2) is 5.16 Å². The zero-order valence-electron chi connectivity index (χ0n) is 18.1. The zero-order valence-corrected chi connectivity index (χ0v) is 19.8. The monoisotopic (exact) mass is 468 g/mol. The van der Waals surface area contributed by atoms with Crippen LogP contribution in [0.4, 0.5) is 5.88 Å². The summed E-state index contributed by atoms with van der Waals surface area (Å²) >= 11 is 2.80. The molecule has 7 nitrogen and oxygen atoms in total. The van der Waals surface area contributed by atoms with Gasteiger partial charge in [-0.1, -0.05) is 54.2 Å². The Hall–Kier alpha value is -2.91. The maximum absolute atomic E-state index is 13.3. The first kappa shape index (κ1) is 22.3. The second kappa shape index (κ2) is 9.70. The van der Waals surface area contributed by atoms with Crippen molar-refractivity contribution in [1.29, 1.82) is 0 Å². The maximum atomic E-state index is 13.3. The van der Waals surface area contributed by atoms with Crippen LogP contribution in [0, 0.1) is 6.92 Å². The van der Waals surface area contributed by atoms with Gasteiger partial charge in [-0.05, 0) is 38.3 Å². The van der Waals surface area contributed by atoms with Crippen LogP contribution < -0.4 is 10.9 Å². The van der Waals surface area contributed by atoms with Gasteiger partial charge in [0.1, 0.15) is 4.83 Å². The topological polar surface area (TPSA) is 90.0 Å². The van der Waals surface area contributed by atoms with Crippen molar-refractivity contribution < 1.29 is 9.32 Å². The zero-order chi connectivity index (χ0) is 22.7. The van der Waals surface area contributed by atoms with E-state index in [0.29, 0.717) is 39.9 Å². The maximum Gasteiger partial charge on any atom is 0.262 e. The first-order chi connectivity index (χ1) is 15.4. The molecule has 3 aromatic heterocycles. The summed E-state index contributed by atoms with van der Waals surface area (Å²) in [5.74, 6) is 0.0613. The first-order valence-electron chi connectivity index (χ1n) is 10.4. The molecule has 9 heteroatoms. The van der Waals surface area contributed by atoms with E-state index in [9.17, 15) is 9.59 Å². The summed E-state index contributed by atoms with van der Waals surface area (Å²) in [7, 11) is 0. The van der Waals surface area contributed by atoms with Gasteiger partial charge < -0.3 is 4.52 Å². The number of thioether (sulfide) groups is 1. The summed E-state index contributed by atoms with van der Waals surface area (Å²) < 4.78 is 6.77. The van der Waals surface area contributed by atoms with Crippen LogP contribution in [0.3, 0.4) is 0 Å². The molecule has 0 saturated heterocycles. The molecule has 1 atom stereocenters. The lowest BCUT2D eigenvalue weighted by molar-refractivity contribution is -0.115. The third-order valence-corrected chi connectivity index (χ3v) is 7.27. The fourth-order valence-electron chi connectivity index (χ4n) is 3.25. The molecular formula is C23H24N4O3S2. The predicted molar refractivity (Wildman–Crippen MR) is 129 cm³/mol. The van der Waals surface area contributed by atoms with Crippen molar-refractivity contribution in [2.45, 2.75) is 50.6 Å². The number of carbonyl (C=O) groups is 1. The van der Waals surface area contributed by atoms with E-state index in [4.69, 9.17) is 9.51 Å². The second-order valence-corrected chi connectivity index (χ2v) is 9.88. The Balaban J connectivity index is 1.63. The average Bonchev–Trinajstić information content (AvgIpc) is 3.39. The van der Waals surface area contributed by atoms with Crippen LogP contribution in [0.5, 0.6) is 0 Å². The standard InChI is InChI=1S/C23H24N4O3S2/c1-4-17-13-18-21(32-17)25-23(27(22(18)29)11-10-16-8-6-5-7-9-16)31-15(3)20(28)24-19-12-14(2)26-30-19/h5-9,12-13,15H,4,10-11H2,1-3H3,(H,24,28). The minimum absolute atomic E-state index is 0.0668. The summed E-state index contributed by atoms with van der Waals surface area (Å²) in [5, 5.41) is 7.20. The van der Waals surface area contributed by atoms with Gasteiger partial charge in [0.25, 0.3) is 5.56 Å². The van der Waals surface area contributed by atoms with E-state index in [0.717, 1.165) is 16.9 Å². The molecule has 4 rings (SSSR count). The lowest BCUT2D eigenvalue weighted by atomic mass is 10.1. The lowest BCUT2D eigenvalue weighted by Crippen LogP contribution is -2.27. The van der Waals surface area contributed by atoms with Gasteiger partial charge in [-0.3, -0.25) is 19.5 Å². The molecule has 1 N–H and O–H groups in total. The van der Waals surface area contributed by atoms with Crippen LogP contribution in [-0.4, -0.2) is 25.9 Å². The molecule has 32 heavy (non-hydrogen) atoms. The quantitative estimate of drug-likeness (QED) is 0.298. The number of hydrogen-bond acceptors (Lipinski definition) is 7. The van der Waals surface area contributed by atoms with Crippen LogP contribution in [0.1, 0.15) is 30.0 Å².